The van der Waals surface area contributed by atoms with E-state index in [0.29, 0.717) is 17.9 Å². The van der Waals surface area contributed by atoms with Crippen LogP contribution in [0.3, 0.4) is 0 Å². The normalized spacial score (nSPS) is 11.8. The summed E-state index contributed by atoms with van der Waals surface area (Å²) in [7, 11) is 0. The Morgan fingerprint density at radius 1 is 1.30 bits per heavy atom. The van der Waals surface area contributed by atoms with Crippen molar-refractivity contribution in [3.63, 3.8) is 0 Å². The molecule has 0 unspecified atom stereocenters. The van der Waals surface area contributed by atoms with E-state index in [1.165, 1.54) is 18.2 Å². The summed E-state index contributed by atoms with van der Waals surface area (Å²) >= 11 is 5.75. The highest BCUT2D eigenvalue weighted by atomic mass is 35.5. The summed E-state index contributed by atoms with van der Waals surface area (Å²) in [5.41, 5.74) is 0.702. The lowest BCUT2D eigenvalue weighted by Crippen LogP contribution is -2.41. The number of aromatic nitrogens is 1. The third kappa shape index (κ3) is 4.86. The number of ether oxygens (including phenoxy) is 1. The first-order valence-corrected chi connectivity index (χ1v) is 8.92. The van der Waals surface area contributed by atoms with Gasteiger partial charge in [0.25, 0.3) is 0 Å². The molecule has 2 aromatic carbocycles. The third-order valence-electron chi connectivity index (χ3n) is 4.10. The van der Waals surface area contributed by atoms with Gasteiger partial charge in [-0.15, -0.1) is 0 Å². The SMILES string of the molecule is CC[C@@H](COc1ccc(F)c(Cl)c1)NC(=O)Nc1cccc2cnccc12. The first-order valence-electron chi connectivity index (χ1n) is 8.55. The summed E-state index contributed by atoms with van der Waals surface area (Å²) in [5, 5.41) is 7.59. The molecule has 0 aliphatic carbocycles. The van der Waals surface area contributed by atoms with Gasteiger partial charge < -0.3 is 15.4 Å². The molecule has 1 heterocycles. The van der Waals surface area contributed by atoms with E-state index in [1.54, 1.807) is 12.4 Å². The predicted octanol–water partition coefficient (Wildman–Crippen LogP) is 5.01. The molecule has 7 heteroatoms. The number of amides is 2. The number of nitrogens with one attached hydrogen (secondary N) is 2. The number of hydrogen-bond acceptors (Lipinski definition) is 3. The zero-order valence-corrected chi connectivity index (χ0v) is 15.5. The monoisotopic (exact) mass is 387 g/mol. The van der Waals surface area contributed by atoms with Gasteiger partial charge in [-0.3, -0.25) is 4.98 Å². The van der Waals surface area contributed by atoms with E-state index in [9.17, 15) is 9.18 Å². The van der Waals surface area contributed by atoms with Crippen molar-refractivity contribution in [2.75, 3.05) is 11.9 Å². The van der Waals surface area contributed by atoms with Gasteiger partial charge in [0, 0.05) is 29.2 Å². The van der Waals surface area contributed by atoms with Gasteiger partial charge >= 0.3 is 6.03 Å². The Labute approximate surface area is 161 Å². The number of fused-ring (bicyclic) bond motifs is 1. The average Bonchev–Trinajstić information content (AvgIpc) is 2.68. The van der Waals surface area contributed by atoms with Gasteiger partial charge in [0.2, 0.25) is 0 Å². The molecular formula is C20H19ClFN3O2. The third-order valence-corrected chi connectivity index (χ3v) is 4.39. The maximum absolute atomic E-state index is 13.2. The summed E-state index contributed by atoms with van der Waals surface area (Å²) in [6, 6.07) is 11.1. The van der Waals surface area contributed by atoms with Crippen molar-refractivity contribution in [3.8, 4) is 5.75 Å². The smallest absolute Gasteiger partial charge is 0.319 e. The molecule has 0 fully saturated rings. The molecule has 5 nitrogen and oxygen atoms in total. The molecule has 0 aliphatic rings. The van der Waals surface area contributed by atoms with Gasteiger partial charge in [0.05, 0.1) is 16.8 Å². The number of carbonyl (C=O) groups excluding carboxylic acids is 1. The van der Waals surface area contributed by atoms with E-state index in [4.69, 9.17) is 16.3 Å². The van der Waals surface area contributed by atoms with Crippen LogP contribution in [-0.2, 0) is 0 Å². The van der Waals surface area contributed by atoms with Crippen LogP contribution in [0.4, 0.5) is 14.9 Å². The largest absolute Gasteiger partial charge is 0.491 e. The molecule has 0 radical (unpaired) electrons. The summed E-state index contributed by atoms with van der Waals surface area (Å²) < 4.78 is 18.8. The summed E-state index contributed by atoms with van der Waals surface area (Å²) in [6.45, 7) is 2.18. The van der Waals surface area contributed by atoms with Gasteiger partial charge in [0.15, 0.2) is 0 Å². The maximum atomic E-state index is 13.2. The molecule has 0 saturated heterocycles. The minimum absolute atomic E-state index is 0.00306. The van der Waals surface area contributed by atoms with Crippen LogP contribution in [0.2, 0.25) is 5.02 Å². The number of rotatable bonds is 6. The van der Waals surface area contributed by atoms with Gasteiger partial charge in [-0.1, -0.05) is 30.7 Å². The molecular weight excluding hydrogens is 369 g/mol. The zero-order valence-electron chi connectivity index (χ0n) is 14.7. The summed E-state index contributed by atoms with van der Waals surface area (Å²) in [6.07, 6.45) is 4.10. The predicted molar refractivity (Wildman–Crippen MR) is 105 cm³/mol. The van der Waals surface area contributed by atoms with Crippen LogP contribution in [0, 0.1) is 5.82 Å². The quantitative estimate of drug-likeness (QED) is 0.625. The second-order valence-corrected chi connectivity index (χ2v) is 6.40. The molecule has 3 rings (SSSR count). The minimum Gasteiger partial charge on any atom is -0.491 e. The Balaban J connectivity index is 1.60. The highest BCUT2D eigenvalue weighted by Gasteiger charge is 2.13. The van der Waals surface area contributed by atoms with Crippen molar-refractivity contribution in [3.05, 3.63) is 65.7 Å². The minimum atomic E-state index is -0.501. The molecule has 140 valence electrons. The molecule has 27 heavy (non-hydrogen) atoms. The fourth-order valence-corrected chi connectivity index (χ4v) is 2.77. The Morgan fingerprint density at radius 2 is 2.15 bits per heavy atom. The highest BCUT2D eigenvalue weighted by molar-refractivity contribution is 6.30. The second-order valence-electron chi connectivity index (χ2n) is 5.99. The number of halogens is 2. The van der Waals surface area contributed by atoms with E-state index in [-0.39, 0.29) is 23.7 Å². The standard InChI is InChI=1S/C20H19ClFN3O2/c1-2-14(12-27-15-6-7-18(22)17(21)10-15)24-20(26)25-19-5-3-4-13-11-23-9-8-16(13)19/h3-11,14H,2,12H2,1H3,(H2,24,25,26)/t14-/m0/s1. The summed E-state index contributed by atoms with van der Waals surface area (Å²) in [5.74, 6) is -0.0533. The van der Waals surface area contributed by atoms with Gasteiger partial charge in [-0.2, -0.15) is 0 Å². The first-order chi connectivity index (χ1) is 13.1. The van der Waals surface area contributed by atoms with E-state index >= 15 is 0 Å². The second kappa shape index (κ2) is 8.68. The van der Waals surface area contributed by atoms with Crippen LogP contribution >= 0.6 is 11.6 Å². The maximum Gasteiger partial charge on any atom is 0.319 e. The van der Waals surface area contributed by atoms with Crippen LogP contribution in [0.5, 0.6) is 5.75 Å². The van der Waals surface area contributed by atoms with Crippen molar-refractivity contribution in [2.45, 2.75) is 19.4 Å². The van der Waals surface area contributed by atoms with Crippen LogP contribution in [0.15, 0.2) is 54.9 Å². The molecule has 1 atom stereocenters. The van der Waals surface area contributed by atoms with E-state index < -0.39 is 5.82 Å². The Morgan fingerprint density at radius 3 is 2.93 bits per heavy atom. The lowest BCUT2D eigenvalue weighted by atomic mass is 10.1. The van der Waals surface area contributed by atoms with Crippen molar-refractivity contribution in [1.29, 1.82) is 0 Å². The summed E-state index contributed by atoms with van der Waals surface area (Å²) in [4.78, 5) is 16.5. The number of anilines is 1. The molecule has 0 saturated carbocycles. The number of pyridine rings is 1. The van der Waals surface area contributed by atoms with Crippen molar-refractivity contribution < 1.29 is 13.9 Å². The number of carbonyl (C=O) groups is 1. The molecule has 0 spiro atoms. The Hall–Kier alpha value is -2.86. The molecule has 2 N–H and O–H groups in total. The lowest BCUT2D eigenvalue weighted by molar-refractivity contribution is 0.231. The Bertz CT molecular complexity index is 946. The zero-order chi connectivity index (χ0) is 19.2. The topological polar surface area (TPSA) is 63.2 Å². The van der Waals surface area contributed by atoms with Crippen molar-refractivity contribution in [2.24, 2.45) is 0 Å². The molecule has 0 bridgehead atoms. The van der Waals surface area contributed by atoms with Crippen LogP contribution in [0.1, 0.15) is 13.3 Å². The Kier molecular flexibility index (Phi) is 6.08. The fraction of sp³-hybridized carbons (Fsp3) is 0.200. The highest BCUT2D eigenvalue weighted by Crippen LogP contribution is 2.23. The van der Waals surface area contributed by atoms with E-state index in [1.807, 2.05) is 31.2 Å². The first kappa shape index (κ1) is 18.9. The molecule has 3 aromatic rings. The van der Waals surface area contributed by atoms with Crippen LogP contribution in [0.25, 0.3) is 10.8 Å². The number of hydrogen-bond donors (Lipinski definition) is 2. The van der Waals surface area contributed by atoms with Crippen LogP contribution in [-0.4, -0.2) is 23.7 Å². The van der Waals surface area contributed by atoms with Crippen LogP contribution < -0.4 is 15.4 Å². The van der Waals surface area contributed by atoms with E-state index in [0.717, 1.165) is 10.8 Å². The molecule has 2 amide bonds. The van der Waals surface area contributed by atoms with Crippen molar-refractivity contribution >= 4 is 34.1 Å². The van der Waals surface area contributed by atoms with Gasteiger partial charge in [-0.05, 0) is 30.7 Å². The van der Waals surface area contributed by atoms with Gasteiger partial charge in [0.1, 0.15) is 18.2 Å². The number of urea groups is 1. The molecule has 0 aliphatic heterocycles. The van der Waals surface area contributed by atoms with Gasteiger partial charge in [-0.25, -0.2) is 9.18 Å². The lowest BCUT2D eigenvalue weighted by Gasteiger charge is -2.19. The van der Waals surface area contributed by atoms with E-state index in [2.05, 4.69) is 15.6 Å². The number of nitrogens with zero attached hydrogens (tertiary/aromatic N) is 1. The average molecular weight is 388 g/mol. The van der Waals surface area contributed by atoms with Crippen molar-refractivity contribution in [1.82, 2.24) is 10.3 Å². The molecule has 1 aromatic heterocycles. The fourth-order valence-electron chi connectivity index (χ4n) is 2.60. The number of benzene rings is 2.